The zero-order valence-electron chi connectivity index (χ0n) is 30.5. The van der Waals surface area contributed by atoms with E-state index in [4.69, 9.17) is 18.5 Å². The molecule has 0 aromatic carbocycles. The van der Waals surface area contributed by atoms with Gasteiger partial charge in [0, 0.05) is 13.0 Å². The summed E-state index contributed by atoms with van der Waals surface area (Å²) in [6.45, 7) is 5.32. The Hall–Kier alpha value is -1.02. The fourth-order valence-electron chi connectivity index (χ4n) is 4.82. The molecule has 0 aliphatic carbocycles. The second-order valence-corrected chi connectivity index (χ2v) is 15.0. The molecule has 272 valence electrons. The highest BCUT2D eigenvalue weighted by Crippen LogP contribution is 2.38. The minimum Gasteiger partial charge on any atom is -0.756 e. The minimum absolute atomic E-state index is 0.0246. The van der Waals surface area contributed by atoms with Crippen molar-refractivity contribution in [3.63, 3.8) is 0 Å². The van der Waals surface area contributed by atoms with Crippen LogP contribution in [0.25, 0.3) is 0 Å². The number of esters is 1. The quantitative estimate of drug-likeness (QED) is 0.0221. The third-order valence-corrected chi connectivity index (χ3v) is 8.70. The van der Waals surface area contributed by atoms with Gasteiger partial charge in [-0.15, -0.1) is 0 Å². The van der Waals surface area contributed by atoms with Gasteiger partial charge in [0.15, 0.2) is 0 Å². The molecule has 0 aromatic heterocycles. The van der Waals surface area contributed by atoms with Gasteiger partial charge in [-0.1, -0.05) is 128 Å². The second kappa shape index (κ2) is 31.3. The van der Waals surface area contributed by atoms with E-state index >= 15 is 0 Å². The number of nitrogens with zero attached hydrogens (tertiary/aromatic N) is 1. The lowest BCUT2D eigenvalue weighted by Gasteiger charge is -2.28. The summed E-state index contributed by atoms with van der Waals surface area (Å²) < 4.78 is 34.4. The van der Waals surface area contributed by atoms with Crippen molar-refractivity contribution < 1.29 is 37.3 Å². The highest BCUT2D eigenvalue weighted by molar-refractivity contribution is 7.45. The molecule has 0 aliphatic rings. The van der Waals surface area contributed by atoms with Crippen LogP contribution in [-0.4, -0.2) is 70.7 Å². The van der Waals surface area contributed by atoms with E-state index < -0.39 is 13.9 Å². The number of hydrogen-bond acceptors (Lipinski definition) is 7. The van der Waals surface area contributed by atoms with Crippen LogP contribution in [-0.2, 0) is 27.9 Å². The van der Waals surface area contributed by atoms with E-state index in [9.17, 15) is 14.3 Å². The molecule has 0 saturated carbocycles. The molecule has 0 spiro atoms. The Morgan fingerprint density at radius 2 is 1.24 bits per heavy atom. The third kappa shape index (κ3) is 34.3. The molecule has 2 unspecified atom stereocenters. The minimum atomic E-state index is -4.51. The second-order valence-electron chi connectivity index (χ2n) is 13.6. The Morgan fingerprint density at radius 3 is 1.85 bits per heavy atom. The molecule has 8 nitrogen and oxygen atoms in total. The Kier molecular flexibility index (Phi) is 30.6. The van der Waals surface area contributed by atoms with Gasteiger partial charge in [-0.3, -0.25) is 9.36 Å². The predicted molar refractivity (Wildman–Crippen MR) is 190 cm³/mol. The van der Waals surface area contributed by atoms with E-state index in [2.05, 4.69) is 38.2 Å². The zero-order valence-corrected chi connectivity index (χ0v) is 31.4. The Balaban J connectivity index is 4.34. The Labute approximate surface area is 283 Å². The van der Waals surface area contributed by atoms with Crippen LogP contribution in [0.4, 0.5) is 0 Å². The number of unbranched alkanes of at least 4 members (excludes halogenated alkanes) is 16. The molecule has 0 N–H and O–H groups in total. The maximum absolute atomic E-state index is 12.6. The lowest BCUT2D eigenvalue weighted by atomic mass is 10.1. The van der Waals surface area contributed by atoms with Crippen molar-refractivity contribution >= 4 is 13.8 Å². The van der Waals surface area contributed by atoms with E-state index in [-0.39, 0.29) is 25.8 Å². The van der Waals surface area contributed by atoms with Crippen LogP contribution in [0.1, 0.15) is 149 Å². The Bertz CT molecular complexity index is 797. The first kappa shape index (κ1) is 45.0. The number of phosphoric acid groups is 1. The summed E-state index contributed by atoms with van der Waals surface area (Å²) in [5, 5.41) is 0. The van der Waals surface area contributed by atoms with Crippen molar-refractivity contribution in [1.82, 2.24) is 0 Å². The van der Waals surface area contributed by atoms with Gasteiger partial charge in [-0.2, -0.15) is 0 Å². The van der Waals surface area contributed by atoms with E-state index in [1.54, 1.807) is 0 Å². The lowest BCUT2D eigenvalue weighted by molar-refractivity contribution is -0.870. The maximum atomic E-state index is 12.6. The number of ether oxygens (including phenoxy) is 2. The summed E-state index contributed by atoms with van der Waals surface area (Å²) in [4.78, 5) is 24.9. The monoisotopic (exact) mass is 674 g/mol. The highest BCUT2D eigenvalue weighted by atomic mass is 31.2. The topological polar surface area (TPSA) is 94.1 Å². The average Bonchev–Trinajstić information content (AvgIpc) is 2.99. The molecule has 0 fully saturated rings. The Morgan fingerprint density at radius 1 is 0.674 bits per heavy atom. The van der Waals surface area contributed by atoms with Crippen LogP contribution in [0.15, 0.2) is 24.3 Å². The van der Waals surface area contributed by atoms with E-state index in [0.717, 1.165) is 64.2 Å². The molecule has 46 heavy (non-hydrogen) atoms. The molecule has 2 atom stereocenters. The molecule has 0 aliphatic heterocycles. The van der Waals surface area contributed by atoms with Gasteiger partial charge in [0.05, 0.1) is 34.4 Å². The summed E-state index contributed by atoms with van der Waals surface area (Å²) in [7, 11) is 1.35. The molecular weight excluding hydrogens is 601 g/mol. The number of rotatable bonds is 34. The first-order valence-corrected chi connectivity index (χ1v) is 20.0. The van der Waals surface area contributed by atoms with Gasteiger partial charge in [-0.25, -0.2) is 0 Å². The third-order valence-electron chi connectivity index (χ3n) is 7.74. The summed E-state index contributed by atoms with van der Waals surface area (Å²) >= 11 is 0. The van der Waals surface area contributed by atoms with Crippen molar-refractivity contribution in [3.8, 4) is 0 Å². The van der Waals surface area contributed by atoms with E-state index in [1.807, 2.05) is 21.1 Å². The van der Waals surface area contributed by atoms with Crippen LogP contribution in [0.5, 0.6) is 0 Å². The lowest BCUT2D eigenvalue weighted by Crippen LogP contribution is -2.37. The summed E-state index contributed by atoms with van der Waals surface area (Å²) in [5.41, 5.74) is 0. The average molecular weight is 674 g/mol. The number of carbonyl (C=O) groups excluding carboxylic acids is 1. The molecule has 0 radical (unpaired) electrons. The maximum Gasteiger partial charge on any atom is 0.306 e. The number of phosphoric ester groups is 1. The van der Waals surface area contributed by atoms with Crippen LogP contribution in [0.3, 0.4) is 0 Å². The van der Waals surface area contributed by atoms with Crippen molar-refractivity contribution in [1.29, 1.82) is 0 Å². The summed E-state index contributed by atoms with van der Waals surface area (Å²) in [6, 6.07) is 0. The van der Waals surface area contributed by atoms with Gasteiger partial charge < -0.3 is 27.9 Å². The van der Waals surface area contributed by atoms with Gasteiger partial charge in [-0.05, 0) is 38.5 Å². The largest absolute Gasteiger partial charge is 0.756 e. The van der Waals surface area contributed by atoms with Crippen LogP contribution >= 0.6 is 7.82 Å². The fourth-order valence-corrected chi connectivity index (χ4v) is 5.55. The standard InChI is InChI=1S/C37H72NO7P/c1-6-8-10-12-14-16-18-19-20-22-24-26-28-30-37(39)45-36(35-44-46(40,41)43-33-31-38(3,4)5)34-42-32-29-27-25-23-21-17-15-13-11-9-7-2/h10,12,16,18,36H,6-9,11,13-15,17,19-35H2,1-5H3/b12-10-,18-16-. The molecule has 0 saturated heterocycles. The fraction of sp³-hybridized carbons (Fsp3) is 0.865. The van der Waals surface area contributed by atoms with Crippen molar-refractivity contribution in [2.75, 3.05) is 54.1 Å². The first-order chi connectivity index (χ1) is 22.1. The molecule has 0 bridgehead atoms. The predicted octanol–water partition coefficient (Wildman–Crippen LogP) is 9.47. The first-order valence-electron chi connectivity index (χ1n) is 18.6. The van der Waals surface area contributed by atoms with E-state index in [1.165, 1.54) is 64.2 Å². The number of likely N-dealkylation sites (N-methyl/N-ethyl adjacent to an activating group) is 1. The van der Waals surface area contributed by atoms with Crippen LogP contribution in [0, 0.1) is 0 Å². The zero-order chi connectivity index (χ0) is 34.2. The van der Waals surface area contributed by atoms with Crippen molar-refractivity contribution in [3.05, 3.63) is 24.3 Å². The van der Waals surface area contributed by atoms with Crippen molar-refractivity contribution in [2.45, 2.75) is 155 Å². The molecular formula is C37H72NO7P. The molecule has 0 amide bonds. The van der Waals surface area contributed by atoms with Crippen LogP contribution in [0.2, 0.25) is 0 Å². The van der Waals surface area contributed by atoms with Crippen molar-refractivity contribution in [2.24, 2.45) is 0 Å². The number of allylic oxidation sites excluding steroid dienone is 4. The summed E-state index contributed by atoms with van der Waals surface area (Å²) in [6.07, 6.45) is 31.8. The molecule has 9 heteroatoms. The number of hydrogen-bond donors (Lipinski definition) is 0. The SMILES string of the molecule is CCC/C=C\C/C=C\CCCCCCCC(=O)OC(COCCCCCCCCCCCCC)COP(=O)([O-])OCC[N+](C)(C)C. The van der Waals surface area contributed by atoms with Gasteiger partial charge >= 0.3 is 5.97 Å². The smallest absolute Gasteiger partial charge is 0.306 e. The highest BCUT2D eigenvalue weighted by Gasteiger charge is 2.20. The van der Waals surface area contributed by atoms with Gasteiger partial charge in [0.25, 0.3) is 7.82 Å². The van der Waals surface area contributed by atoms with Gasteiger partial charge in [0.2, 0.25) is 0 Å². The van der Waals surface area contributed by atoms with E-state index in [0.29, 0.717) is 24.1 Å². The number of carbonyl (C=O) groups is 1. The van der Waals surface area contributed by atoms with Gasteiger partial charge in [0.1, 0.15) is 19.3 Å². The molecule has 0 aromatic rings. The molecule has 0 rings (SSSR count). The summed E-state index contributed by atoms with van der Waals surface area (Å²) in [5.74, 6) is -0.349. The normalized spacial score (nSPS) is 14.3. The molecule has 0 heterocycles. The van der Waals surface area contributed by atoms with Crippen LogP contribution < -0.4 is 4.89 Å². The number of quaternary nitrogens is 1.